The minimum Gasteiger partial charge on any atom is -0.493 e. The number of anilines is 1. The summed E-state index contributed by atoms with van der Waals surface area (Å²) < 4.78 is 5.83. The first-order valence-corrected chi connectivity index (χ1v) is 10.8. The van der Waals surface area contributed by atoms with E-state index in [-0.39, 0.29) is 0 Å². The van der Waals surface area contributed by atoms with Crippen LogP contribution in [0.3, 0.4) is 0 Å². The molecule has 0 saturated heterocycles. The topological polar surface area (TPSA) is 63.2 Å². The van der Waals surface area contributed by atoms with Gasteiger partial charge in [-0.15, -0.1) is 11.3 Å². The van der Waals surface area contributed by atoms with Gasteiger partial charge in [0.1, 0.15) is 5.75 Å². The fraction of sp³-hybridized carbons (Fsp3) is 0.524. The predicted molar refractivity (Wildman–Crippen MR) is 112 cm³/mol. The van der Waals surface area contributed by atoms with Gasteiger partial charge in [-0.05, 0) is 37.8 Å². The average molecular weight is 388 g/mol. The molecule has 1 amide bonds. The van der Waals surface area contributed by atoms with E-state index in [4.69, 9.17) is 9.72 Å². The molecule has 1 aromatic carbocycles. The summed E-state index contributed by atoms with van der Waals surface area (Å²) in [6.07, 6.45) is 8.58. The van der Waals surface area contributed by atoms with E-state index < -0.39 is 0 Å². The second kappa shape index (κ2) is 10.3. The molecule has 0 unspecified atom stereocenters. The third kappa shape index (κ3) is 5.45. The normalized spacial score (nSPS) is 15.9. The van der Waals surface area contributed by atoms with E-state index in [1.54, 1.807) is 11.3 Å². The second-order valence-corrected chi connectivity index (χ2v) is 8.03. The van der Waals surface area contributed by atoms with Crippen molar-refractivity contribution in [3.05, 3.63) is 29.1 Å². The van der Waals surface area contributed by atoms with Crippen LogP contribution >= 0.6 is 11.3 Å². The average Bonchev–Trinajstić information content (AvgIpc) is 3.04. The molecule has 2 heterocycles. The highest BCUT2D eigenvalue weighted by Gasteiger charge is 2.20. The van der Waals surface area contributed by atoms with Crippen molar-refractivity contribution in [2.24, 2.45) is 5.92 Å². The van der Waals surface area contributed by atoms with Crippen LogP contribution in [0.15, 0.2) is 24.3 Å². The highest BCUT2D eigenvalue weighted by molar-refractivity contribution is 7.16. The van der Waals surface area contributed by atoms with Crippen molar-refractivity contribution in [1.29, 1.82) is 0 Å². The lowest BCUT2D eigenvalue weighted by Gasteiger charge is -2.21. The largest absolute Gasteiger partial charge is 0.493 e. The first-order chi connectivity index (χ1) is 13.3. The van der Waals surface area contributed by atoms with Gasteiger partial charge in [0.2, 0.25) is 6.41 Å². The van der Waals surface area contributed by atoms with Crippen molar-refractivity contribution >= 4 is 22.9 Å². The maximum atomic E-state index is 9.29. The lowest BCUT2D eigenvalue weighted by Crippen LogP contribution is -2.16. The number of para-hydroxylation sites is 1. The van der Waals surface area contributed by atoms with E-state index >= 15 is 0 Å². The number of rotatable bonds is 5. The maximum Gasteiger partial charge on any atom is 0.207 e. The van der Waals surface area contributed by atoms with Gasteiger partial charge in [-0.2, -0.15) is 0 Å². The van der Waals surface area contributed by atoms with Crippen LogP contribution in [0.2, 0.25) is 0 Å². The van der Waals surface area contributed by atoms with Gasteiger partial charge in [-0.3, -0.25) is 4.79 Å². The number of amides is 1. The quantitative estimate of drug-likeness (QED) is 0.742. The highest BCUT2D eigenvalue weighted by Crippen LogP contribution is 2.39. The molecule has 0 radical (unpaired) electrons. The minimum atomic E-state index is 0.681. The van der Waals surface area contributed by atoms with Crippen LogP contribution in [-0.4, -0.2) is 31.1 Å². The molecule has 1 fully saturated rings. The molecule has 1 aliphatic carbocycles. The third-order valence-electron chi connectivity index (χ3n) is 4.98. The van der Waals surface area contributed by atoms with Crippen molar-refractivity contribution in [3.63, 3.8) is 0 Å². The minimum absolute atomic E-state index is 0.681. The number of hydrogen-bond donors (Lipinski definition) is 2. The summed E-state index contributed by atoms with van der Waals surface area (Å²) in [6, 6.07) is 8.24. The number of thiazole rings is 1. The molecule has 2 aromatic rings. The SMILES string of the molecule is CCNC=O.c1ccc2c(c1)OCCc1sc(NCC3CCCCC3)nc1-2. The molecule has 5 nitrogen and oxygen atoms in total. The highest BCUT2D eigenvalue weighted by atomic mass is 32.1. The van der Waals surface area contributed by atoms with Crippen LogP contribution in [0, 0.1) is 5.92 Å². The third-order valence-corrected chi connectivity index (χ3v) is 6.05. The number of benzene rings is 1. The zero-order valence-electron chi connectivity index (χ0n) is 16.0. The fourth-order valence-corrected chi connectivity index (χ4v) is 4.52. The summed E-state index contributed by atoms with van der Waals surface area (Å²) in [4.78, 5) is 15.5. The Balaban J connectivity index is 0.000000376. The molecular formula is C21H29N3O2S. The van der Waals surface area contributed by atoms with Crippen LogP contribution in [0.5, 0.6) is 5.75 Å². The monoisotopic (exact) mass is 387 g/mol. The first kappa shape index (κ1) is 19.7. The van der Waals surface area contributed by atoms with Crippen molar-refractivity contribution in [1.82, 2.24) is 10.3 Å². The van der Waals surface area contributed by atoms with Crippen LogP contribution in [0.1, 0.15) is 43.9 Å². The second-order valence-electron chi connectivity index (χ2n) is 6.95. The summed E-state index contributed by atoms with van der Waals surface area (Å²) in [6.45, 7) is 4.41. The molecule has 0 spiro atoms. The first-order valence-electron chi connectivity index (χ1n) is 9.94. The molecule has 1 aromatic heterocycles. The van der Waals surface area contributed by atoms with E-state index in [9.17, 15) is 4.79 Å². The van der Waals surface area contributed by atoms with Gasteiger partial charge in [0.25, 0.3) is 0 Å². The van der Waals surface area contributed by atoms with Crippen LogP contribution in [-0.2, 0) is 11.2 Å². The van der Waals surface area contributed by atoms with Gasteiger partial charge in [0.15, 0.2) is 5.13 Å². The zero-order valence-corrected chi connectivity index (χ0v) is 16.8. The van der Waals surface area contributed by atoms with Gasteiger partial charge < -0.3 is 15.4 Å². The summed E-state index contributed by atoms with van der Waals surface area (Å²) >= 11 is 1.80. The number of aromatic nitrogens is 1. The van der Waals surface area contributed by atoms with Crippen molar-refractivity contribution in [2.75, 3.05) is 25.0 Å². The number of carbonyl (C=O) groups excluding carboxylic acids is 1. The van der Waals surface area contributed by atoms with Crippen LogP contribution in [0.4, 0.5) is 5.13 Å². The van der Waals surface area contributed by atoms with Gasteiger partial charge in [-0.25, -0.2) is 4.98 Å². The Bertz CT molecular complexity index is 726. The van der Waals surface area contributed by atoms with E-state index in [0.717, 1.165) is 54.2 Å². The molecule has 1 saturated carbocycles. The Kier molecular flexibility index (Phi) is 7.51. The Morgan fingerprint density at radius 1 is 1.26 bits per heavy atom. The summed E-state index contributed by atoms with van der Waals surface area (Å²) in [5.41, 5.74) is 2.25. The van der Waals surface area contributed by atoms with Crippen molar-refractivity contribution < 1.29 is 9.53 Å². The van der Waals surface area contributed by atoms with Crippen LogP contribution in [0.25, 0.3) is 11.3 Å². The van der Waals surface area contributed by atoms with Gasteiger partial charge in [0, 0.05) is 30.0 Å². The summed E-state index contributed by atoms with van der Waals surface area (Å²) in [7, 11) is 0. The number of ether oxygens (including phenoxy) is 1. The van der Waals surface area contributed by atoms with Crippen LogP contribution < -0.4 is 15.4 Å². The Morgan fingerprint density at radius 3 is 2.81 bits per heavy atom. The molecule has 146 valence electrons. The molecule has 0 bridgehead atoms. The van der Waals surface area contributed by atoms with E-state index in [2.05, 4.69) is 22.8 Å². The maximum absolute atomic E-state index is 9.29. The van der Waals surface area contributed by atoms with Crippen molar-refractivity contribution in [2.45, 2.75) is 45.4 Å². The standard InChI is InChI=1S/C18H22N2OS.C3H7NO/c1-2-6-13(7-3-1)12-19-18-20-17-14-8-4-5-9-15(14)21-11-10-16(17)22-18;1-2-4-3-5/h4-5,8-9,13H,1-3,6-7,10-12H2,(H,19,20);3H,2H2,1H3,(H,4,5). The summed E-state index contributed by atoms with van der Waals surface area (Å²) in [5.74, 6) is 1.79. The van der Waals surface area contributed by atoms with Gasteiger partial charge >= 0.3 is 0 Å². The Labute approximate surface area is 165 Å². The predicted octanol–water partition coefficient (Wildman–Crippen LogP) is 4.49. The number of nitrogens with zero attached hydrogens (tertiary/aromatic N) is 1. The van der Waals surface area contributed by atoms with Crippen molar-refractivity contribution in [3.8, 4) is 17.0 Å². The number of fused-ring (bicyclic) bond motifs is 3. The number of hydrogen-bond acceptors (Lipinski definition) is 5. The molecule has 27 heavy (non-hydrogen) atoms. The molecular weight excluding hydrogens is 358 g/mol. The molecule has 4 rings (SSSR count). The fourth-order valence-electron chi connectivity index (χ4n) is 3.56. The number of carbonyl (C=O) groups is 1. The smallest absolute Gasteiger partial charge is 0.207 e. The zero-order chi connectivity index (χ0) is 18.9. The molecule has 0 atom stereocenters. The van der Waals surface area contributed by atoms with Gasteiger partial charge in [-0.1, -0.05) is 31.4 Å². The molecule has 6 heteroatoms. The lowest BCUT2D eigenvalue weighted by atomic mass is 9.89. The summed E-state index contributed by atoms with van der Waals surface area (Å²) in [5, 5.41) is 7.10. The Morgan fingerprint density at radius 2 is 2.07 bits per heavy atom. The number of nitrogens with one attached hydrogen (secondary N) is 2. The lowest BCUT2D eigenvalue weighted by molar-refractivity contribution is -0.109. The van der Waals surface area contributed by atoms with E-state index in [0.29, 0.717) is 6.41 Å². The molecule has 2 N–H and O–H groups in total. The Hall–Kier alpha value is -2.08. The molecule has 1 aliphatic heterocycles. The molecule has 2 aliphatic rings. The van der Waals surface area contributed by atoms with E-state index in [1.807, 2.05) is 19.1 Å². The van der Waals surface area contributed by atoms with E-state index in [1.165, 1.54) is 37.0 Å². The van der Waals surface area contributed by atoms with Gasteiger partial charge in [0.05, 0.1) is 12.3 Å².